The summed E-state index contributed by atoms with van der Waals surface area (Å²) in [6.45, 7) is 1.86. The topological polar surface area (TPSA) is 287 Å². The molecule has 0 spiro atoms. The van der Waals surface area contributed by atoms with Crippen molar-refractivity contribution >= 4 is 0 Å². The molecule has 6 aliphatic rings. The van der Waals surface area contributed by atoms with Gasteiger partial charge in [0.15, 0.2) is 25.2 Å². The minimum Gasteiger partial charge on any atom is -0.472 e. The van der Waals surface area contributed by atoms with Gasteiger partial charge < -0.3 is 89.3 Å². The van der Waals surface area contributed by atoms with Gasteiger partial charge in [0.1, 0.15) is 48.8 Å². The van der Waals surface area contributed by atoms with E-state index in [1.165, 1.54) is 20.1 Å². The Balaban J connectivity index is 1.14. The standard InChI is InChI=1S/C30H48O18/c1-29(40)6-12(32)10-3-4-42-25(17(10)29)47-28-24(39)22(37)20(35)15(45-28)9-43-16-5-11-13(33)7-30(2,41)18(11)26(46-16)48-27-23(38)21(36)19(34)14(8-31)44-27/h3-4,10-28,31-41H,5-9H2,1-2H3. The van der Waals surface area contributed by atoms with Crippen LogP contribution in [0.2, 0.25) is 0 Å². The van der Waals surface area contributed by atoms with Crippen molar-refractivity contribution in [1.29, 1.82) is 0 Å². The van der Waals surface area contributed by atoms with Crippen molar-refractivity contribution in [2.24, 2.45) is 23.7 Å². The van der Waals surface area contributed by atoms with Crippen molar-refractivity contribution in [2.45, 2.75) is 137 Å². The van der Waals surface area contributed by atoms with Crippen LogP contribution in [0.3, 0.4) is 0 Å². The van der Waals surface area contributed by atoms with Crippen LogP contribution in [0.15, 0.2) is 12.3 Å². The van der Waals surface area contributed by atoms with Crippen molar-refractivity contribution in [1.82, 2.24) is 0 Å². The van der Waals surface area contributed by atoms with Gasteiger partial charge in [-0.15, -0.1) is 0 Å². The molecule has 2 aliphatic carbocycles. The third-order valence-electron chi connectivity index (χ3n) is 10.8. The van der Waals surface area contributed by atoms with Crippen molar-refractivity contribution in [3.8, 4) is 0 Å². The van der Waals surface area contributed by atoms with Crippen LogP contribution in [-0.4, -0.2) is 173 Å². The quantitative estimate of drug-likeness (QED) is 0.113. The number of hydrogen-bond donors (Lipinski definition) is 11. The Kier molecular flexibility index (Phi) is 10.5. The molecule has 0 amide bonds. The Morgan fingerprint density at radius 1 is 0.667 bits per heavy atom. The van der Waals surface area contributed by atoms with Crippen LogP contribution in [0.25, 0.3) is 0 Å². The fourth-order valence-electron chi connectivity index (χ4n) is 8.25. The Morgan fingerprint density at radius 3 is 1.88 bits per heavy atom. The lowest BCUT2D eigenvalue weighted by atomic mass is 9.82. The molecular formula is C30H48O18. The van der Waals surface area contributed by atoms with Gasteiger partial charge in [-0.05, 0) is 19.9 Å². The van der Waals surface area contributed by atoms with E-state index in [1.54, 1.807) is 6.08 Å². The van der Waals surface area contributed by atoms with Gasteiger partial charge >= 0.3 is 0 Å². The second-order valence-electron chi connectivity index (χ2n) is 14.4. The predicted octanol–water partition coefficient (Wildman–Crippen LogP) is -4.92. The van der Waals surface area contributed by atoms with Crippen LogP contribution < -0.4 is 0 Å². The molecule has 48 heavy (non-hydrogen) atoms. The average molecular weight is 697 g/mol. The Bertz CT molecular complexity index is 1140. The second kappa shape index (κ2) is 13.8. The van der Waals surface area contributed by atoms with E-state index in [0.717, 1.165) is 0 Å². The molecule has 3 saturated heterocycles. The molecule has 2 saturated carbocycles. The van der Waals surface area contributed by atoms with Gasteiger partial charge in [-0.1, -0.05) is 0 Å². The summed E-state index contributed by atoms with van der Waals surface area (Å²) in [6, 6.07) is 0. The summed E-state index contributed by atoms with van der Waals surface area (Å²) in [6.07, 6.45) is -18.8. The molecule has 276 valence electrons. The summed E-state index contributed by atoms with van der Waals surface area (Å²) in [5.74, 6) is -2.78. The Hall–Kier alpha value is -1.14. The first kappa shape index (κ1) is 36.6. The van der Waals surface area contributed by atoms with E-state index in [0.29, 0.717) is 0 Å². The van der Waals surface area contributed by atoms with E-state index < -0.39 is 141 Å². The minimum atomic E-state index is -1.77. The summed E-state index contributed by atoms with van der Waals surface area (Å²) in [5, 5.41) is 116. The molecular weight excluding hydrogens is 648 g/mol. The maximum atomic E-state index is 11.1. The molecule has 0 aromatic rings. The van der Waals surface area contributed by atoms with Crippen LogP contribution in [0.5, 0.6) is 0 Å². The van der Waals surface area contributed by atoms with Crippen molar-refractivity contribution in [3.63, 3.8) is 0 Å². The monoisotopic (exact) mass is 696 g/mol. The van der Waals surface area contributed by atoms with E-state index in [1.807, 2.05) is 0 Å². The molecule has 0 aromatic carbocycles. The van der Waals surface area contributed by atoms with E-state index >= 15 is 0 Å². The third-order valence-corrected chi connectivity index (χ3v) is 10.8. The third kappa shape index (κ3) is 6.66. The molecule has 18 heteroatoms. The van der Waals surface area contributed by atoms with E-state index in [4.69, 9.17) is 33.2 Å². The van der Waals surface area contributed by atoms with Crippen LogP contribution in [0.4, 0.5) is 0 Å². The highest BCUT2D eigenvalue weighted by atomic mass is 16.8. The molecule has 0 bridgehead atoms. The second-order valence-corrected chi connectivity index (χ2v) is 14.4. The molecule has 5 fully saturated rings. The molecule has 6 rings (SSSR count). The fourth-order valence-corrected chi connectivity index (χ4v) is 8.25. The maximum Gasteiger partial charge on any atom is 0.207 e. The average Bonchev–Trinajstić information content (AvgIpc) is 3.42. The van der Waals surface area contributed by atoms with Crippen LogP contribution >= 0.6 is 0 Å². The fraction of sp³-hybridized carbons (Fsp3) is 0.933. The number of ether oxygens (including phenoxy) is 7. The van der Waals surface area contributed by atoms with E-state index in [9.17, 15) is 56.2 Å². The van der Waals surface area contributed by atoms with Gasteiger partial charge in [-0.3, -0.25) is 0 Å². The number of aliphatic hydroxyl groups is 11. The molecule has 4 aliphatic heterocycles. The van der Waals surface area contributed by atoms with Gasteiger partial charge in [-0.2, -0.15) is 0 Å². The maximum absolute atomic E-state index is 11.1. The van der Waals surface area contributed by atoms with Crippen LogP contribution in [0, 0.1) is 23.7 Å². The minimum absolute atomic E-state index is 0.0349. The van der Waals surface area contributed by atoms with Crippen molar-refractivity contribution in [2.75, 3.05) is 13.2 Å². The molecule has 0 aromatic heterocycles. The predicted molar refractivity (Wildman–Crippen MR) is 152 cm³/mol. The number of fused-ring (bicyclic) bond motifs is 2. The summed E-state index contributed by atoms with van der Waals surface area (Å²) >= 11 is 0. The summed E-state index contributed by atoms with van der Waals surface area (Å²) in [7, 11) is 0. The normalized spacial score (nSPS) is 56.8. The molecule has 0 radical (unpaired) electrons. The largest absolute Gasteiger partial charge is 0.472 e. The van der Waals surface area contributed by atoms with E-state index in [-0.39, 0.29) is 19.3 Å². The lowest BCUT2D eigenvalue weighted by Gasteiger charge is -2.47. The number of rotatable bonds is 8. The SMILES string of the molecule is CC1(O)CC(O)C2C=COC(OC3OC(COC4CC5C(O)CC(C)(O)C5C(OC5OC(CO)C(O)C(O)C5O)O4)C(O)C(O)C3O)C21. The lowest BCUT2D eigenvalue weighted by Crippen LogP contribution is -2.62. The first-order valence-electron chi connectivity index (χ1n) is 16.2. The highest BCUT2D eigenvalue weighted by Gasteiger charge is 2.60. The summed E-state index contributed by atoms with van der Waals surface area (Å²) in [4.78, 5) is 0. The highest BCUT2D eigenvalue weighted by molar-refractivity contribution is 5.10. The van der Waals surface area contributed by atoms with Crippen LogP contribution in [-0.2, 0) is 33.2 Å². The Labute approximate surface area is 275 Å². The first-order valence-corrected chi connectivity index (χ1v) is 16.2. The molecule has 4 heterocycles. The molecule has 11 N–H and O–H groups in total. The molecule has 21 unspecified atom stereocenters. The zero-order valence-electron chi connectivity index (χ0n) is 26.4. The van der Waals surface area contributed by atoms with Gasteiger partial charge in [0.25, 0.3) is 0 Å². The lowest BCUT2D eigenvalue weighted by molar-refractivity contribution is -0.388. The van der Waals surface area contributed by atoms with Gasteiger partial charge in [-0.25, -0.2) is 0 Å². The molecule has 18 nitrogen and oxygen atoms in total. The summed E-state index contributed by atoms with van der Waals surface area (Å²) < 4.78 is 40.5. The summed E-state index contributed by atoms with van der Waals surface area (Å²) in [5.41, 5.74) is -2.89. The Morgan fingerprint density at radius 2 is 1.23 bits per heavy atom. The first-order chi connectivity index (χ1) is 22.5. The van der Waals surface area contributed by atoms with Gasteiger partial charge in [0, 0.05) is 37.0 Å². The van der Waals surface area contributed by atoms with Crippen molar-refractivity contribution in [3.05, 3.63) is 12.3 Å². The van der Waals surface area contributed by atoms with Gasteiger partial charge in [0.2, 0.25) is 6.29 Å². The van der Waals surface area contributed by atoms with Crippen molar-refractivity contribution < 1.29 is 89.3 Å². The van der Waals surface area contributed by atoms with Gasteiger partial charge in [0.05, 0.1) is 48.8 Å². The highest BCUT2D eigenvalue weighted by Crippen LogP contribution is 2.50. The number of hydrogen-bond acceptors (Lipinski definition) is 18. The smallest absolute Gasteiger partial charge is 0.207 e. The van der Waals surface area contributed by atoms with E-state index in [2.05, 4.69) is 0 Å². The zero-order chi connectivity index (χ0) is 34.9. The zero-order valence-corrected chi connectivity index (χ0v) is 26.4. The van der Waals surface area contributed by atoms with Crippen LogP contribution in [0.1, 0.15) is 33.1 Å². The number of aliphatic hydroxyl groups excluding tert-OH is 9. The molecule has 21 atom stereocenters.